The summed E-state index contributed by atoms with van der Waals surface area (Å²) in [5.74, 6) is 0. The molecule has 0 bridgehead atoms. The highest BCUT2D eigenvalue weighted by Crippen LogP contribution is 2.23. The molecule has 2 rings (SSSR count). The smallest absolute Gasteiger partial charge is 0.369 e. The quantitative estimate of drug-likeness (QED) is 0.629. The second-order valence-electron chi connectivity index (χ2n) is 4.51. The van der Waals surface area contributed by atoms with Gasteiger partial charge in [0.2, 0.25) is 5.13 Å². The first kappa shape index (κ1) is 18.5. The molecule has 130 valence electrons. The van der Waals surface area contributed by atoms with Crippen molar-refractivity contribution in [2.24, 2.45) is 10.2 Å². The molecule has 0 aliphatic carbocycles. The van der Waals surface area contributed by atoms with Gasteiger partial charge in [0, 0.05) is 30.4 Å². The standard InChI is InChI=1S/C14H18N4O4S2/c1-3-18(9-10-22-24(19,20)21-2)13-6-4-12(5-7-13)16-17-14-15-8-11-23-14/h4-8,11H,3,9-10H2,1-2H3. The van der Waals surface area contributed by atoms with Crippen molar-refractivity contribution in [3.05, 3.63) is 35.8 Å². The van der Waals surface area contributed by atoms with Crippen LogP contribution in [0.2, 0.25) is 0 Å². The average molecular weight is 370 g/mol. The molecule has 10 heteroatoms. The Hall–Kier alpha value is -1.88. The minimum atomic E-state index is -3.90. The van der Waals surface area contributed by atoms with Gasteiger partial charge >= 0.3 is 10.4 Å². The van der Waals surface area contributed by atoms with Gasteiger partial charge in [0.05, 0.1) is 19.4 Å². The molecule has 0 amide bonds. The summed E-state index contributed by atoms with van der Waals surface area (Å²) in [7, 11) is -2.84. The number of likely N-dealkylation sites (N-methyl/N-ethyl adjacent to an activating group) is 1. The van der Waals surface area contributed by atoms with E-state index in [0.29, 0.717) is 23.9 Å². The van der Waals surface area contributed by atoms with E-state index >= 15 is 0 Å². The Balaban J connectivity index is 1.94. The maximum absolute atomic E-state index is 11.1. The third kappa shape index (κ3) is 5.64. The lowest BCUT2D eigenvalue weighted by atomic mass is 10.2. The number of thiazole rings is 1. The van der Waals surface area contributed by atoms with Gasteiger partial charge in [0.15, 0.2) is 0 Å². The molecule has 1 aromatic heterocycles. The minimum Gasteiger partial charge on any atom is -0.369 e. The van der Waals surface area contributed by atoms with E-state index in [0.717, 1.165) is 12.8 Å². The third-order valence-electron chi connectivity index (χ3n) is 3.06. The van der Waals surface area contributed by atoms with E-state index in [1.807, 2.05) is 41.5 Å². The number of rotatable bonds is 9. The summed E-state index contributed by atoms with van der Waals surface area (Å²) in [4.78, 5) is 6.01. The topological polar surface area (TPSA) is 93.5 Å². The van der Waals surface area contributed by atoms with Crippen molar-refractivity contribution in [2.75, 3.05) is 31.7 Å². The van der Waals surface area contributed by atoms with Gasteiger partial charge in [-0.2, -0.15) is 8.42 Å². The van der Waals surface area contributed by atoms with E-state index in [4.69, 9.17) is 4.18 Å². The van der Waals surface area contributed by atoms with Crippen molar-refractivity contribution in [2.45, 2.75) is 6.92 Å². The van der Waals surface area contributed by atoms with Gasteiger partial charge in [-0.15, -0.1) is 21.6 Å². The second kappa shape index (κ2) is 8.83. The lowest BCUT2D eigenvalue weighted by molar-refractivity contribution is 0.248. The van der Waals surface area contributed by atoms with Crippen LogP contribution >= 0.6 is 11.3 Å². The van der Waals surface area contributed by atoms with Crippen LogP contribution in [-0.4, -0.2) is 40.2 Å². The van der Waals surface area contributed by atoms with Crippen LogP contribution in [0.25, 0.3) is 0 Å². The van der Waals surface area contributed by atoms with Crippen molar-refractivity contribution in [3.63, 3.8) is 0 Å². The summed E-state index contributed by atoms with van der Waals surface area (Å²) >= 11 is 1.41. The first-order valence-electron chi connectivity index (χ1n) is 7.15. The van der Waals surface area contributed by atoms with E-state index in [-0.39, 0.29) is 6.61 Å². The first-order chi connectivity index (χ1) is 11.5. The van der Waals surface area contributed by atoms with Crippen molar-refractivity contribution in [1.29, 1.82) is 0 Å². The van der Waals surface area contributed by atoms with Crippen LogP contribution in [0.1, 0.15) is 6.92 Å². The number of hydrogen-bond donors (Lipinski definition) is 0. The number of anilines is 1. The Morgan fingerprint density at radius 1 is 1.25 bits per heavy atom. The Bertz CT molecular complexity index is 746. The van der Waals surface area contributed by atoms with Crippen LogP contribution in [0.3, 0.4) is 0 Å². The third-order valence-corrected chi connectivity index (χ3v) is 4.58. The number of nitrogens with zero attached hydrogens (tertiary/aromatic N) is 4. The van der Waals surface area contributed by atoms with Crippen molar-refractivity contribution >= 4 is 38.2 Å². The van der Waals surface area contributed by atoms with E-state index in [9.17, 15) is 8.42 Å². The zero-order chi connectivity index (χ0) is 17.4. The zero-order valence-corrected chi connectivity index (χ0v) is 15.0. The fourth-order valence-electron chi connectivity index (χ4n) is 1.86. The molecule has 2 aromatic rings. The monoisotopic (exact) mass is 370 g/mol. The maximum atomic E-state index is 11.1. The molecule has 0 atom stereocenters. The molecule has 1 heterocycles. The number of aromatic nitrogens is 1. The van der Waals surface area contributed by atoms with Gasteiger partial charge in [0.25, 0.3) is 0 Å². The highest BCUT2D eigenvalue weighted by atomic mass is 32.3. The van der Waals surface area contributed by atoms with Gasteiger partial charge < -0.3 is 4.90 Å². The Kier molecular flexibility index (Phi) is 6.79. The summed E-state index contributed by atoms with van der Waals surface area (Å²) in [5.41, 5.74) is 1.65. The van der Waals surface area contributed by atoms with E-state index in [1.165, 1.54) is 11.3 Å². The second-order valence-corrected chi connectivity index (χ2v) is 6.77. The van der Waals surface area contributed by atoms with Gasteiger partial charge in [-0.1, -0.05) is 0 Å². The van der Waals surface area contributed by atoms with Crippen LogP contribution in [-0.2, 0) is 18.8 Å². The molecule has 0 unspecified atom stereocenters. The predicted octanol–water partition coefficient (Wildman–Crippen LogP) is 3.29. The first-order valence-corrected chi connectivity index (χ1v) is 9.36. The molecule has 0 aliphatic rings. The van der Waals surface area contributed by atoms with Crippen LogP contribution in [0, 0.1) is 0 Å². The van der Waals surface area contributed by atoms with Crippen molar-refractivity contribution in [3.8, 4) is 0 Å². The maximum Gasteiger partial charge on any atom is 0.399 e. The Morgan fingerprint density at radius 3 is 2.58 bits per heavy atom. The number of benzene rings is 1. The van der Waals surface area contributed by atoms with Crippen LogP contribution in [0.5, 0.6) is 0 Å². The SMILES string of the molecule is CCN(CCOS(=O)(=O)OC)c1ccc(N=Nc2nccs2)cc1. The fraction of sp³-hybridized carbons (Fsp3) is 0.357. The molecule has 1 aromatic carbocycles. The fourth-order valence-corrected chi connectivity index (χ4v) is 2.69. The Morgan fingerprint density at radius 2 is 2.00 bits per heavy atom. The minimum absolute atomic E-state index is 0.00944. The summed E-state index contributed by atoms with van der Waals surface area (Å²) < 4.78 is 31.2. The highest BCUT2D eigenvalue weighted by Gasteiger charge is 2.10. The Labute approximate surface area is 145 Å². The molecule has 0 saturated carbocycles. The van der Waals surface area contributed by atoms with E-state index in [2.05, 4.69) is 19.4 Å². The number of azo groups is 1. The summed E-state index contributed by atoms with van der Waals surface area (Å²) in [6, 6.07) is 7.46. The lowest BCUT2D eigenvalue weighted by Gasteiger charge is -2.22. The van der Waals surface area contributed by atoms with Crippen molar-refractivity contribution in [1.82, 2.24) is 4.98 Å². The lowest BCUT2D eigenvalue weighted by Crippen LogP contribution is -2.28. The molecule has 0 aliphatic heterocycles. The molecular weight excluding hydrogens is 352 g/mol. The highest BCUT2D eigenvalue weighted by molar-refractivity contribution is 7.81. The molecule has 0 spiro atoms. The molecule has 8 nitrogen and oxygen atoms in total. The molecule has 0 saturated heterocycles. The predicted molar refractivity (Wildman–Crippen MR) is 92.5 cm³/mol. The molecular formula is C14H18N4O4S2. The molecule has 0 N–H and O–H groups in total. The van der Waals surface area contributed by atoms with Gasteiger partial charge in [-0.25, -0.2) is 9.17 Å². The largest absolute Gasteiger partial charge is 0.399 e. The van der Waals surface area contributed by atoms with Gasteiger partial charge in [-0.05, 0) is 31.2 Å². The summed E-state index contributed by atoms with van der Waals surface area (Å²) in [6.07, 6.45) is 1.67. The van der Waals surface area contributed by atoms with Crippen LogP contribution in [0.15, 0.2) is 46.1 Å². The average Bonchev–Trinajstić information content (AvgIpc) is 3.11. The normalized spacial score (nSPS) is 11.9. The van der Waals surface area contributed by atoms with Gasteiger partial charge in [0.1, 0.15) is 0 Å². The van der Waals surface area contributed by atoms with Crippen LogP contribution < -0.4 is 4.90 Å². The van der Waals surface area contributed by atoms with Crippen molar-refractivity contribution < 1.29 is 16.8 Å². The number of hydrogen-bond acceptors (Lipinski definition) is 9. The van der Waals surface area contributed by atoms with E-state index in [1.54, 1.807) is 6.20 Å². The van der Waals surface area contributed by atoms with E-state index < -0.39 is 10.4 Å². The molecule has 0 fully saturated rings. The zero-order valence-electron chi connectivity index (χ0n) is 13.3. The summed E-state index contributed by atoms with van der Waals surface area (Å²) in [5, 5.41) is 10.6. The molecule has 0 radical (unpaired) electrons. The van der Waals surface area contributed by atoms with Crippen LogP contribution in [0.4, 0.5) is 16.5 Å². The van der Waals surface area contributed by atoms with Gasteiger partial charge in [-0.3, -0.25) is 4.18 Å². The summed E-state index contributed by atoms with van der Waals surface area (Å²) in [6.45, 7) is 3.10. The molecule has 24 heavy (non-hydrogen) atoms.